The monoisotopic (exact) mass is 419 g/mol. The Balaban J connectivity index is 1.75. The Morgan fingerprint density at radius 1 is 0.806 bits per heavy atom. The normalized spacial score (nSPS) is 23.0. The summed E-state index contributed by atoms with van der Waals surface area (Å²) in [6.45, 7) is 3.96. The minimum Gasteiger partial charge on any atom is -0.466 e. The van der Waals surface area contributed by atoms with Crippen molar-refractivity contribution in [2.45, 2.75) is 25.7 Å². The first-order chi connectivity index (χ1) is 15.1. The molecule has 0 unspecified atom stereocenters. The SMILES string of the molecule is CCOC(=O)[C@@H]1[C@@H](C(=O)OCC)[C@@H]2C=C[C@@H]1c1cccc(NC(=O)c3ccccc3)c12. The molecular formula is C25H25NO5. The smallest absolute Gasteiger partial charge is 0.310 e. The van der Waals surface area contributed by atoms with Crippen LogP contribution in [-0.4, -0.2) is 31.1 Å². The number of carbonyl (C=O) groups excluding carboxylic acids is 3. The molecule has 6 heteroatoms. The van der Waals surface area contributed by atoms with Crippen LogP contribution in [0.1, 0.15) is 47.2 Å². The van der Waals surface area contributed by atoms with Gasteiger partial charge in [-0.2, -0.15) is 0 Å². The van der Waals surface area contributed by atoms with Crippen molar-refractivity contribution in [3.05, 3.63) is 77.4 Å². The van der Waals surface area contributed by atoms with Gasteiger partial charge in [0.15, 0.2) is 0 Å². The number of allylic oxidation sites excluding steroid dienone is 2. The second-order valence-electron chi connectivity index (χ2n) is 7.62. The van der Waals surface area contributed by atoms with E-state index >= 15 is 0 Å². The number of nitrogens with one attached hydrogen (secondary N) is 1. The third-order valence-corrected chi connectivity index (χ3v) is 5.92. The molecule has 0 aromatic heterocycles. The van der Waals surface area contributed by atoms with Crippen LogP contribution < -0.4 is 5.32 Å². The molecule has 0 heterocycles. The van der Waals surface area contributed by atoms with Crippen molar-refractivity contribution in [2.75, 3.05) is 18.5 Å². The van der Waals surface area contributed by atoms with Crippen molar-refractivity contribution < 1.29 is 23.9 Å². The molecule has 1 N–H and O–H groups in total. The van der Waals surface area contributed by atoms with E-state index in [0.717, 1.165) is 11.1 Å². The Morgan fingerprint density at radius 2 is 1.42 bits per heavy atom. The van der Waals surface area contributed by atoms with Crippen molar-refractivity contribution in [3.8, 4) is 0 Å². The second-order valence-corrected chi connectivity index (χ2v) is 7.62. The maximum atomic E-state index is 12.9. The molecule has 5 rings (SSSR count). The van der Waals surface area contributed by atoms with E-state index in [1.807, 2.05) is 36.4 Å². The number of anilines is 1. The topological polar surface area (TPSA) is 81.7 Å². The number of esters is 2. The molecule has 160 valence electrons. The van der Waals surface area contributed by atoms with Crippen LogP contribution in [0.25, 0.3) is 0 Å². The zero-order valence-corrected chi connectivity index (χ0v) is 17.5. The van der Waals surface area contributed by atoms with Crippen LogP contribution in [0, 0.1) is 11.8 Å². The number of amides is 1. The van der Waals surface area contributed by atoms with Crippen molar-refractivity contribution in [1.29, 1.82) is 0 Å². The molecule has 0 saturated carbocycles. The van der Waals surface area contributed by atoms with E-state index < -0.39 is 23.8 Å². The molecular weight excluding hydrogens is 394 g/mol. The Morgan fingerprint density at radius 3 is 2.06 bits per heavy atom. The van der Waals surface area contributed by atoms with E-state index in [9.17, 15) is 14.4 Å². The van der Waals surface area contributed by atoms with Crippen molar-refractivity contribution in [3.63, 3.8) is 0 Å². The van der Waals surface area contributed by atoms with E-state index in [1.165, 1.54) is 0 Å². The molecule has 3 aliphatic rings. The van der Waals surface area contributed by atoms with Crippen LogP contribution in [0.15, 0.2) is 60.7 Å². The number of rotatable bonds is 6. The summed E-state index contributed by atoms with van der Waals surface area (Å²) in [5.74, 6) is -3.10. The average molecular weight is 419 g/mol. The summed E-state index contributed by atoms with van der Waals surface area (Å²) in [5, 5.41) is 2.99. The van der Waals surface area contributed by atoms with Crippen LogP contribution in [-0.2, 0) is 19.1 Å². The fourth-order valence-corrected chi connectivity index (χ4v) is 4.70. The standard InChI is InChI=1S/C25H25NO5/c1-3-30-24(28)21-17-13-14-18(22(21)25(29)31-4-2)20-16(17)11-8-12-19(20)26-23(27)15-9-6-5-7-10-15/h5-14,17-18,21-22H,3-4H2,1-2H3,(H,26,27)/t17-,18-,21+,22+/m1/s1. The maximum Gasteiger partial charge on any atom is 0.310 e. The van der Waals surface area contributed by atoms with Crippen LogP contribution >= 0.6 is 0 Å². The highest BCUT2D eigenvalue weighted by molar-refractivity contribution is 6.05. The van der Waals surface area contributed by atoms with Gasteiger partial charge in [-0.1, -0.05) is 42.5 Å². The van der Waals surface area contributed by atoms with Gasteiger partial charge in [0, 0.05) is 23.1 Å². The molecule has 3 aliphatic carbocycles. The number of benzene rings is 2. The maximum absolute atomic E-state index is 12.9. The summed E-state index contributed by atoms with van der Waals surface area (Å²) in [6, 6.07) is 14.6. The summed E-state index contributed by atoms with van der Waals surface area (Å²) in [4.78, 5) is 38.5. The lowest BCUT2D eigenvalue weighted by atomic mass is 9.59. The first kappa shape index (κ1) is 20.8. The number of hydrogen-bond donors (Lipinski definition) is 1. The first-order valence-electron chi connectivity index (χ1n) is 10.6. The number of ether oxygens (including phenoxy) is 2. The van der Waals surface area contributed by atoms with E-state index in [-0.39, 0.29) is 31.0 Å². The van der Waals surface area contributed by atoms with Gasteiger partial charge in [-0.05, 0) is 43.2 Å². The second kappa shape index (κ2) is 8.76. The van der Waals surface area contributed by atoms with Gasteiger partial charge >= 0.3 is 11.9 Å². The summed E-state index contributed by atoms with van der Waals surface area (Å²) in [7, 11) is 0. The van der Waals surface area contributed by atoms with Gasteiger partial charge < -0.3 is 14.8 Å². The molecule has 0 spiro atoms. The summed E-state index contributed by atoms with van der Waals surface area (Å²) in [5.41, 5.74) is 2.97. The van der Waals surface area contributed by atoms with Crippen LogP contribution in [0.5, 0.6) is 0 Å². The quantitative estimate of drug-likeness (QED) is 0.564. The average Bonchev–Trinajstić information content (AvgIpc) is 2.79. The van der Waals surface area contributed by atoms with E-state index in [0.29, 0.717) is 11.3 Å². The van der Waals surface area contributed by atoms with Crippen LogP contribution in [0.2, 0.25) is 0 Å². The van der Waals surface area contributed by atoms with Gasteiger partial charge in [0.25, 0.3) is 5.91 Å². The Bertz CT molecular complexity index is 1030. The Labute approximate surface area is 181 Å². The third-order valence-electron chi connectivity index (χ3n) is 5.92. The number of fused-ring (bicyclic) bond motifs is 1. The molecule has 2 aromatic carbocycles. The van der Waals surface area contributed by atoms with Gasteiger partial charge in [0.2, 0.25) is 0 Å². The summed E-state index contributed by atoms with van der Waals surface area (Å²) >= 11 is 0. The summed E-state index contributed by atoms with van der Waals surface area (Å²) < 4.78 is 10.6. The fourth-order valence-electron chi connectivity index (χ4n) is 4.70. The lowest BCUT2D eigenvalue weighted by Gasteiger charge is -2.44. The molecule has 4 atom stereocenters. The highest BCUT2D eigenvalue weighted by Gasteiger charge is 2.52. The van der Waals surface area contributed by atoms with Gasteiger partial charge in [-0.25, -0.2) is 0 Å². The molecule has 0 aliphatic heterocycles. The van der Waals surface area contributed by atoms with Crippen molar-refractivity contribution >= 4 is 23.5 Å². The molecule has 1 amide bonds. The molecule has 2 aromatic rings. The van der Waals surface area contributed by atoms with E-state index in [4.69, 9.17) is 9.47 Å². The molecule has 0 fully saturated rings. The first-order valence-corrected chi connectivity index (χ1v) is 10.6. The predicted molar refractivity (Wildman–Crippen MR) is 116 cm³/mol. The molecule has 0 radical (unpaired) electrons. The molecule has 0 saturated heterocycles. The van der Waals surface area contributed by atoms with E-state index in [1.54, 1.807) is 38.1 Å². The number of hydrogen-bond acceptors (Lipinski definition) is 5. The zero-order chi connectivity index (χ0) is 22.0. The lowest BCUT2D eigenvalue weighted by Crippen LogP contribution is -2.45. The summed E-state index contributed by atoms with van der Waals surface area (Å²) in [6.07, 6.45) is 3.91. The van der Waals surface area contributed by atoms with Gasteiger partial charge in [-0.15, -0.1) is 0 Å². The largest absolute Gasteiger partial charge is 0.466 e. The van der Waals surface area contributed by atoms with Crippen molar-refractivity contribution in [2.24, 2.45) is 11.8 Å². The van der Waals surface area contributed by atoms with Gasteiger partial charge in [0.1, 0.15) is 0 Å². The zero-order valence-electron chi connectivity index (χ0n) is 17.5. The molecule has 2 bridgehead atoms. The Hall–Kier alpha value is -3.41. The minimum atomic E-state index is -0.698. The lowest BCUT2D eigenvalue weighted by molar-refractivity contribution is -0.162. The minimum absolute atomic E-state index is 0.227. The highest BCUT2D eigenvalue weighted by atomic mass is 16.5. The predicted octanol–water partition coefficient (Wildman–Crippen LogP) is 4.05. The Kier molecular flexibility index (Phi) is 5.89. The van der Waals surface area contributed by atoms with Gasteiger partial charge in [0.05, 0.1) is 25.0 Å². The fraction of sp³-hybridized carbons (Fsp3) is 0.320. The van der Waals surface area contributed by atoms with E-state index in [2.05, 4.69) is 5.32 Å². The molecule has 6 nitrogen and oxygen atoms in total. The van der Waals surface area contributed by atoms with Crippen LogP contribution in [0.4, 0.5) is 5.69 Å². The third kappa shape index (κ3) is 3.74. The van der Waals surface area contributed by atoms with Crippen molar-refractivity contribution in [1.82, 2.24) is 0 Å². The highest BCUT2D eigenvalue weighted by Crippen LogP contribution is 2.54. The van der Waals surface area contributed by atoms with Crippen LogP contribution in [0.3, 0.4) is 0 Å². The molecule has 31 heavy (non-hydrogen) atoms. The number of carbonyl (C=O) groups is 3. The van der Waals surface area contributed by atoms with Gasteiger partial charge in [-0.3, -0.25) is 14.4 Å².